The molecule has 5 heteroatoms. The molecule has 0 spiro atoms. The molecule has 1 N–H and O–H groups in total. The normalized spacial score (nSPS) is 19.9. The molecule has 3 nitrogen and oxygen atoms in total. The number of fused-ring (bicyclic) bond motifs is 1. The van der Waals surface area contributed by atoms with Crippen molar-refractivity contribution in [1.82, 2.24) is 5.32 Å². The summed E-state index contributed by atoms with van der Waals surface area (Å²) in [6.45, 7) is 4.84. The van der Waals surface area contributed by atoms with Crippen molar-refractivity contribution < 1.29 is 8.81 Å². The summed E-state index contributed by atoms with van der Waals surface area (Å²) in [7, 11) is 0. The van der Waals surface area contributed by atoms with Crippen LogP contribution in [0, 0.1) is 5.82 Å². The highest BCUT2D eigenvalue weighted by Crippen LogP contribution is 2.30. The van der Waals surface area contributed by atoms with Gasteiger partial charge in [0.15, 0.2) is 5.58 Å². The molecule has 0 radical (unpaired) electrons. The standard InChI is InChI=1S/C13H15FN2O.ClH/c1-9-8-15-3-4-16(9)12-7-11(14)6-10-2-5-17-13(10)12;/h2,5-7,9,15H,3-4,8H2,1H3;1H/t9-;/m1./s1. The van der Waals surface area contributed by atoms with E-state index < -0.39 is 0 Å². The average Bonchev–Trinajstić information content (AvgIpc) is 2.76. The van der Waals surface area contributed by atoms with Gasteiger partial charge in [0.05, 0.1) is 12.0 Å². The van der Waals surface area contributed by atoms with E-state index in [-0.39, 0.29) is 18.2 Å². The third kappa shape index (κ3) is 2.18. The fourth-order valence-corrected chi connectivity index (χ4v) is 2.44. The van der Waals surface area contributed by atoms with Crippen LogP contribution in [-0.4, -0.2) is 25.7 Å². The first-order valence-electron chi connectivity index (χ1n) is 5.90. The van der Waals surface area contributed by atoms with Gasteiger partial charge in [0, 0.05) is 37.1 Å². The van der Waals surface area contributed by atoms with E-state index in [1.54, 1.807) is 18.4 Å². The van der Waals surface area contributed by atoms with E-state index in [4.69, 9.17) is 4.42 Å². The molecule has 98 valence electrons. The van der Waals surface area contributed by atoms with E-state index in [0.29, 0.717) is 6.04 Å². The Morgan fingerprint density at radius 3 is 3.06 bits per heavy atom. The van der Waals surface area contributed by atoms with Gasteiger partial charge in [-0.3, -0.25) is 0 Å². The van der Waals surface area contributed by atoms with Gasteiger partial charge < -0.3 is 14.6 Å². The van der Waals surface area contributed by atoms with Gasteiger partial charge >= 0.3 is 0 Å². The molecule has 1 saturated heterocycles. The fraction of sp³-hybridized carbons (Fsp3) is 0.385. The number of nitrogens with one attached hydrogen (secondary N) is 1. The minimum absolute atomic E-state index is 0. The van der Waals surface area contributed by atoms with Crippen molar-refractivity contribution >= 4 is 29.1 Å². The average molecular weight is 271 g/mol. The number of rotatable bonds is 1. The van der Waals surface area contributed by atoms with Crippen LogP contribution in [0.15, 0.2) is 28.9 Å². The summed E-state index contributed by atoms with van der Waals surface area (Å²) in [5.74, 6) is -0.209. The zero-order valence-corrected chi connectivity index (χ0v) is 11.0. The predicted molar refractivity (Wildman–Crippen MR) is 73.1 cm³/mol. The molecule has 2 heterocycles. The number of piperazine rings is 1. The summed E-state index contributed by atoms with van der Waals surface area (Å²) in [5.41, 5.74) is 1.64. The van der Waals surface area contributed by atoms with Gasteiger partial charge in [-0.25, -0.2) is 4.39 Å². The van der Waals surface area contributed by atoms with Gasteiger partial charge in [0.25, 0.3) is 0 Å². The molecule has 0 unspecified atom stereocenters. The Morgan fingerprint density at radius 1 is 1.44 bits per heavy atom. The number of hydrogen-bond acceptors (Lipinski definition) is 3. The van der Waals surface area contributed by atoms with Crippen molar-refractivity contribution in [3.8, 4) is 0 Å². The molecule has 0 bridgehead atoms. The van der Waals surface area contributed by atoms with Crippen molar-refractivity contribution in [2.24, 2.45) is 0 Å². The van der Waals surface area contributed by atoms with Crippen molar-refractivity contribution in [2.45, 2.75) is 13.0 Å². The lowest BCUT2D eigenvalue weighted by Gasteiger charge is -2.35. The van der Waals surface area contributed by atoms with Crippen LogP contribution in [0.5, 0.6) is 0 Å². The molecule has 1 aromatic heterocycles. The second kappa shape index (κ2) is 5.16. The van der Waals surface area contributed by atoms with Crippen LogP contribution < -0.4 is 10.2 Å². The molecule has 0 saturated carbocycles. The number of hydrogen-bond donors (Lipinski definition) is 1. The molecule has 0 amide bonds. The second-order valence-corrected chi connectivity index (χ2v) is 4.51. The summed E-state index contributed by atoms with van der Waals surface area (Å²) in [6, 6.07) is 5.22. The minimum atomic E-state index is -0.209. The molecule has 1 aromatic carbocycles. The van der Waals surface area contributed by atoms with Gasteiger partial charge in [0.1, 0.15) is 5.82 Å². The Bertz CT molecular complexity index is 543. The first kappa shape index (κ1) is 13.2. The third-order valence-corrected chi connectivity index (χ3v) is 3.31. The monoisotopic (exact) mass is 270 g/mol. The number of anilines is 1. The van der Waals surface area contributed by atoms with E-state index in [9.17, 15) is 4.39 Å². The van der Waals surface area contributed by atoms with Crippen LogP contribution in [0.2, 0.25) is 0 Å². The Morgan fingerprint density at radius 2 is 2.28 bits per heavy atom. The van der Waals surface area contributed by atoms with Crippen LogP contribution in [0.3, 0.4) is 0 Å². The van der Waals surface area contributed by atoms with Gasteiger partial charge in [0.2, 0.25) is 0 Å². The Hall–Kier alpha value is -1.26. The van der Waals surface area contributed by atoms with Gasteiger partial charge in [-0.2, -0.15) is 0 Å². The third-order valence-electron chi connectivity index (χ3n) is 3.31. The van der Waals surface area contributed by atoms with E-state index in [1.165, 1.54) is 6.07 Å². The fourth-order valence-electron chi connectivity index (χ4n) is 2.44. The van der Waals surface area contributed by atoms with Crippen LogP contribution in [0.25, 0.3) is 11.0 Å². The lowest BCUT2D eigenvalue weighted by molar-refractivity contribution is 0.497. The lowest BCUT2D eigenvalue weighted by Crippen LogP contribution is -2.50. The maximum Gasteiger partial charge on any atom is 0.157 e. The summed E-state index contributed by atoms with van der Waals surface area (Å²) in [6.07, 6.45) is 1.61. The molecule has 2 aromatic rings. The van der Waals surface area contributed by atoms with Crippen LogP contribution in [-0.2, 0) is 0 Å². The highest BCUT2D eigenvalue weighted by atomic mass is 35.5. The summed E-state index contributed by atoms with van der Waals surface area (Å²) in [5, 5.41) is 4.15. The van der Waals surface area contributed by atoms with Crippen molar-refractivity contribution in [2.75, 3.05) is 24.5 Å². The minimum Gasteiger partial charge on any atom is -0.462 e. The second-order valence-electron chi connectivity index (χ2n) is 4.51. The largest absolute Gasteiger partial charge is 0.462 e. The quantitative estimate of drug-likeness (QED) is 0.864. The van der Waals surface area contributed by atoms with E-state index in [1.807, 2.05) is 0 Å². The number of nitrogens with zero attached hydrogens (tertiary/aromatic N) is 1. The highest BCUT2D eigenvalue weighted by molar-refractivity contribution is 5.89. The van der Waals surface area contributed by atoms with Crippen LogP contribution in [0.1, 0.15) is 6.92 Å². The van der Waals surface area contributed by atoms with Crippen molar-refractivity contribution in [1.29, 1.82) is 0 Å². The van der Waals surface area contributed by atoms with Crippen molar-refractivity contribution in [3.63, 3.8) is 0 Å². The summed E-state index contributed by atoms with van der Waals surface area (Å²) >= 11 is 0. The van der Waals surface area contributed by atoms with Crippen LogP contribution in [0.4, 0.5) is 10.1 Å². The van der Waals surface area contributed by atoms with E-state index >= 15 is 0 Å². The van der Waals surface area contributed by atoms with Gasteiger partial charge in [-0.05, 0) is 19.1 Å². The molecular weight excluding hydrogens is 255 g/mol. The Balaban J connectivity index is 0.00000120. The zero-order chi connectivity index (χ0) is 11.8. The highest BCUT2D eigenvalue weighted by Gasteiger charge is 2.21. The molecule has 3 rings (SSSR count). The number of halogens is 2. The number of benzene rings is 1. The van der Waals surface area contributed by atoms with Gasteiger partial charge in [-0.1, -0.05) is 0 Å². The summed E-state index contributed by atoms with van der Waals surface area (Å²) < 4.78 is 19.0. The zero-order valence-electron chi connectivity index (χ0n) is 10.1. The van der Waals surface area contributed by atoms with Crippen LogP contribution >= 0.6 is 12.4 Å². The molecule has 1 fully saturated rings. The Kier molecular flexibility index (Phi) is 3.78. The van der Waals surface area contributed by atoms with E-state index in [2.05, 4.69) is 17.1 Å². The van der Waals surface area contributed by atoms with Gasteiger partial charge in [-0.15, -0.1) is 12.4 Å². The molecule has 1 atom stereocenters. The predicted octanol–water partition coefficient (Wildman–Crippen LogP) is 2.79. The first-order valence-corrected chi connectivity index (χ1v) is 5.90. The first-order chi connectivity index (χ1) is 8.25. The maximum atomic E-state index is 13.6. The molecular formula is C13H16ClFN2O. The lowest BCUT2D eigenvalue weighted by atomic mass is 10.1. The topological polar surface area (TPSA) is 28.4 Å². The maximum absolute atomic E-state index is 13.6. The number of furan rings is 1. The molecule has 1 aliphatic heterocycles. The van der Waals surface area contributed by atoms with E-state index in [0.717, 1.165) is 36.3 Å². The smallest absolute Gasteiger partial charge is 0.157 e. The molecule has 1 aliphatic rings. The molecule has 18 heavy (non-hydrogen) atoms. The Labute approximate surface area is 111 Å². The SMILES string of the molecule is C[C@@H]1CNCCN1c1cc(F)cc2ccoc12.Cl. The summed E-state index contributed by atoms with van der Waals surface area (Å²) in [4.78, 5) is 2.20. The molecule has 0 aliphatic carbocycles. The van der Waals surface area contributed by atoms with Crippen molar-refractivity contribution in [3.05, 3.63) is 30.3 Å².